The fourth-order valence-electron chi connectivity index (χ4n) is 3.32. The smallest absolute Gasteiger partial charge is 0.166 e. The van der Waals surface area contributed by atoms with E-state index in [9.17, 15) is 0 Å². The summed E-state index contributed by atoms with van der Waals surface area (Å²) in [6, 6.07) is 8.06. The van der Waals surface area contributed by atoms with Crippen molar-refractivity contribution in [3.8, 4) is 17.1 Å². The highest BCUT2D eigenvalue weighted by molar-refractivity contribution is 5.78. The zero-order valence-electron chi connectivity index (χ0n) is 14.6. The molecule has 8 nitrogen and oxygen atoms in total. The minimum atomic E-state index is 0.792. The van der Waals surface area contributed by atoms with Gasteiger partial charge in [-0.05, 0) is 38.1 Å². The molecule has 0 aliphatic carbocycles. The van der Waals surface area contributed by atoms with Crippen molar-refractivity contribution in [1.29, 1.82) is 0 Å². The Morgan fingerprint density at radius 3 is 2.85 bits per heavy atom. The quantitative estimate of drug-likeness (QED) is 0.491. The normalized spacial score (nSPS) is 11.7. The van der Waals surface area contributed by atoms with E-state index >= 15 is 0 Å². The highest BCUT2D eigenvalue weighted by atomic mass is 15.4. The Hall–Kier alpha value is -3.55. The molecular formula is C18H16N8. The molecule has 1 aromatic carbocycles. The van der Waals surface area contributed by atoms with E-state index in [1.807, 2.05) is 66.6 Å². The van der Waals surface area contributed by atoms with Crippen LogP contribution in [0.15, 0.2) is 42.9 Å². The first-order valence-corrected chi connectivity index (χ1v) is 8.27. The third-order valence-corrected chi connectivity index (χ3v) is 4.53. The van der Waals surface area contributed by atoms with Crippen molar-refractivity contribution < 1.29 is 0 Å². The lowest BCUT2D eigenvalue weighted by Crippen LogP contribution is -2.00. The number of rotatable bonds is 2. The molecule has 8 heteroatoms. The second-order valence-corrected chi connectivity index (χ2v) is 6.34. The molecule has 0 spiro atoms. The number of aromatic nitrogens is 8. The maximum atomic E-state index is 4.66. The van der Waals surface area contributed by atoms with Crippen molar-refractivity contribution in [1.82, 2.24) is 39.1 Å². The number of fused-ring (bicyclic) bond motifs is 2. The van der Waals surface area contributed by atoms with Crippen LogP contribution in [0.3, 0.4) is 0 Å². The summed E-state index contributed by atoms with van der Waals surface area (Å²) in [4.78, 5) is 9.22. The number of hydrogen-bond donors (Lipinski definition) is 0. The standard InChI is InChI=1S/C18H16N8/c1-11-8-12(2)26-18(21-11)14(10-20-26)17-19-6-7-25(17)13-4-5-16-15(9-13)22-23-24(16)3/h4-10H,1-3H3. The average Bonchev–Trinajstić information content (AvgIpc) is 3.32. The van der Waals surface area contributed by atoms with Crippen LogP contribution >= 0.6 is 0 Å². The lowest BCUT2D eigenvalue weighted by molar-refractivity contribution is 0.736. The van der Waals surface area contributed by atoms with Crippen LogP contribution in [0.4, 0.5) is 0 Å². The fraction of sp³-hybridized carbons (Fsp3) is 0.167. The maximum Gasteiger partial charge on any atom is 0.166 e. The summed E-state index contributed by atoms with van der Waals surface area (Å²) in [5.74, 6) is 0.792. The van der Waals surface area contributed by atoms with E-state index in [2.05, 4.69) is 25.4 Å². The van der Waals surface area contributed by atoms with Gasteiger partial charge in [0.15, 0.2) is 5.65 Å². The Kier molecular flexibility index (Phi) is 2.96. The summed E-state index contributed by atoms with van der Waals surface area (Å²) >= 11 is 0. The van der Waals surface area contributed by atoms with Gasteiger partial charge in [0.05, 0.1) is 17.3 Å². The first-order chi connectivity index (χ1) is 12.6. The van der Waals surface area contributed by atoms with Gasteiger partial charge >= 0.3 is 0 Å². The average molecular weight is 344 g/mol. The van der Waals surface area contributed by atoms with Gasteiger partial charge in [0.2, 0.25) is 0 Å². The molecule has 4 aromatic heterocycles. The molecule has 0 fully saturated rings. The zero-order valence-corrected chi connectivity index (χ0v) is 14.6. The maximum absolute atomic E-state index is 4.66. The lowest BCUT2D eigenvalue weighted by atomic mass is 10.2. The van der Waals surface area contributed by atoms with E-state index in [1.165, 1.54) is 0 Å². The predicted octanol–water partition coefficient (Wildman–Crippen LogP) is 2.48. The van der Waals surface area contributed by atoms with Crippen LogP contribution in [0.25, 0.3) is 33.8 Å². The van der Waals surface area contributed by atoms with Crippen molar-refractivity contribution >= 4 is 16.7 Å². The van der Waals surface area contributed by atoms with Gasteiger partial charge in [-0.3, -0.25) is 4.57 Å². The van der Waals surface area contributed by atoms with Crippen molar-refractivity contribution in [3.63, 3.8) is 0 Å². The minimum Gasteiger partial charge on any atom is -0.300 e. The molecule has 26 heavy (non-hydrogen) atoms. The largest absolute Gasteiger partial charge is 0.300 e. The summed E-state index contributed by atoms with van der Waals surface area (Å²) in [7, 11) is 1.88. The van der Waals surface area contributed by atoms with Gasteiger partial charge in [-0.15, -0.1) is 5.10 Å². The van der Waals surface area contributed by atoms with Gasteiger partial charge in [-0.1, -0.05) is 5.21 Å². The monoisotopic (exact) mass is 344 g/mol. The summed E-state index contributed by atoms with van der Waals surface area (Å²) < 4.78 is 5.62. The first kappa shape index (κ1) is 14.8. The van der Waals surface area contributed by atoms with Gasteiger partial charge in [0.1, 0.15) is 11.3 Å². The van der Waals surface area contributed by atoms with Gasteiger partial charge in [0.25, 0.3) is 0 Å². The van der Waals surface area contributed by atoms with E-state index in [0.717, 1.165) is 45.1 Å². The second-order valence-electron chi connectivity index (χ2n) is 6.34. The molecule has 5 aromatic rings. The van der Waals surface area contributed by atoms with Crippen LogP contribution in [0.5, 0.6) is 0 Å². The van der Waals surface area contributed by atoms with Crippen LogP contribution < -0.4 is 0 Å². The Balaban J connectivity index is 1.72. The van der Waals surface area contributed by atoms with Crippen LogP contribution in [0, 0.1) is 13.8 Å². The molecule has 0 aliphatic rings. The van der Waals surface area contributed by atoms with Gasteiger partial charge in [-0.25, -0.2) is 19.2 Å². The number of nitrogens with zero attached hydrogens (tertiary/aromatic N) is 8. The molecular weight excluding hydrogens is 328 g/mol. The van der Waals surface area contributed by atoms with Crippen LogP contribution in [-0.4, -0.2) is 39.1 Å². The number of imidazole rings is 1. The SMILES string of the molecule is Cc1cc(C)n2ncc(-c3nccn3-c3ccc4c(c3)nnn4C)c2n1. The van der Waals surface area contributed by atoms with E-state index in [-0.39, 0.29) is 0 Å². The van der Waals surface area contributed by atoms with Gasteiger partial charge in [-0.2, -0.15) is 5.10 Å². The molecule has 0 saturated heterocycles. The van der Waals surface area contributed by atoms with Crippen LogP contribution in [0.2, 0.25) is 0 Å². The summed E-state index contributed by atoms with van der Waals surface area (Å²) in [6.07, 6.45) is 5.52. The molecule has 0 atom stereocenters. The van der Waals surface area contributed by atoms with Crippen LogP contribution in [-0.2, 0) is 7.05 Å². The number of benzene rings is 1. The van der Waals surface area contributed by atoms with Gasteiger partial charge in [0, 0.05) is 36.5 Å². The third-order valence-electron chi connectivity index (χ3n) is 4.53. The van der Waals surface area contributed by atoms with Crippen LogP contribution in [0.1, 0.15) is 11.4 Å². The number of aryl methyl sites for hydroxylation is 3. The lowest BCUT2D eigenvalue weighted by Gasteiger charge is -2.07. The Bertz CT molecular complexity index is 1270. The fourth-order valence-corrected chi connectivity index (χ4v) is 3.32. The molecule has 0 aliphatic heterocycles. The van der Waals surface area contributed by atoms with Crippen molar-refractivity contribution in [3.05, 3.63) is 54.2 Å². The van der Waals surface area contributed by atoms with E-state index < -0.39 is 0 Å². The van der Waals surface area contributed by atoms with Crippen molar-refractivity contribution in [2.45, 2.75) is 13.8 Å². The zero-order chi connectivity index (χ0) is 17.8. The highest BCUT2D eigenvalue weighted by Gasteiger charge is 2.16. The van der Waals surface area contributed by atoms with E-state index in [1.54, 1.807) is 10.9 Å². The second kappa shape index (κ2) is 5.22. The van der Waals surface area contributed by atoms with Crippen molar-refractivity contribution in [2.75, 3.05) is 0 Å². The molecule has 0 bridgehead atoms. The summed E-state index contributed by atoms with van der Waals surface area (Å²) in [5, 5.41) is 12.8. The topological polar surface area (TPSA) is 78.7 Å². The molecule has 0 saturated carbocycles. The minimum absolute atomic E-state index is 0.792. The highest BCUT2D eigenvalue weighted by Crippen LogP contribution is 2.26. The third kappa shape index (κ3) is 2.05. The molecule has 4 heterocycles. The predicted molar refractivity (Wildman–Crippen MR) is 97.1 cm³/mol. The van der Waals surface area contributed by atoms with E-state index in [4.69, 9.17) is 0 Å². The molecule has 0 unspecified atom stereocenters. The molecule has 128 valence electrons. The van der Waals surface area contributed by atoms with E-state index in [0.29, 0.717) is 0 Å². The summed E-state index contributed by atoms with van der Waals surface area (Å²) in [6.45, 7) is 4.01. The molecule has 0 N–H and O–H groups in total. The Morgan fingerprint density at radius 2 is 1.96 bits per heavy atom. The number of hydrogen-bond acceptors (Lipinski definition) is 5. The Morgan fingerprint density at radius 1 is 1.08 bits per heavy atom. The van der Waals surface area contributed by atoms with Crippen molar-refractivity contribution in [2.24, 2.45) is 7.05 Å². The summed E-state index contributed by atoms with van der Waals surface area (Å²) in [5.41, 5.74) is 6.48. The first-order valence-electron chi connectivity index (χ1n) is 8.27. The molecule has 0 amide bonds. The Labute approximate surface area is 148 Å². The molecule has 5 rings (SSSR count). The van der Waals surface area contributed by atoms with Gasteiger partial charge < -0.3 is 0 Å². The molecule has 0 radical (unpaired) electrons.